The number of nitrogens with zero attached hydrogens (tertiary/aromatic N) is 4. The van der Waals surface area contributed by atoms with E-state index in [2.05, 4.69) is 33.9 Å². The molecule has 0 bridgehead atoms. The molecule has 1 aliphatic rings. The Morgan fingerprint density at radius 3 is 2.61 bits per heavy atom. The Hall–Kier alpha value is -2.34. The van der Waals surface area contributed by atoms with Gasteiger partial charge in [0.25, 0.3) is 0 Å². The van der Waals surface area contributed by atoms with Gasteiger partial charge in [0.05, 0.1) is 17.7 Å². The topological polar surface area (TPSA) is 107 Å². The van der Waals surface area contributed by atoms with Gasteiger partial charge in [-0.25, -0.2) is 13.4 Å². The van der Waals surface area contributed by atoms with Crippen LogP contribution in [0.25, 0.3) is 11.0 Å². The van der Waals surface area contributed by atoms with E-state index in [1.165, 1.54) is 0 Å². The maximum absolute atomic E-state index is 13.3. The molecule has 1 saturated heterocycles. The fourth-order valence-electron chi connectivity index (χ4n) is 4.17. The number of hydrogen-bond acceptors (Lipinski definition) is 7. The Morgan fingerprint density at radius 2 is 1.94 bits per heavy atom. The van der Waals surface area contributed by atoms with Crippen LogP contribution < -0.4 is 4.74 Å². The van der Waals surface area contributed by atoms with Crippen molar-refractivity contribution >= 4 is 33.3 Å². The van der Waals surface area contributed by atoms with E-state index in [0.717, 1.165) is 49.2 Å². The van der Waals surface area contributed by atoms with Gasteiger partial charge in [0.1, 0.15) is 27.2 Å². The molecule has 0 saturated carbocycles. The molecule has 0 aliphatic carbocycles. The first-order valence-corrected chi connectivity index (χ1v) is 13.1. The van der Waals surface area contributed by atoms with Crippen molar-refractivity contribution in [1.82, 2.24) is 29.4 Å². The van der Waals surface area contributed by atoms with Crippen LogP contribution in [-0.4, -0.2) is 77.6 Å². The van der Waals surface area contributed by atoms with E-state index in [4.69, 9.17) is 21.9 Å². The average molecular weight is 491 g/mol. The summed E-state index contributed by atoms with van der Waals surface area (Å²) in [4.78, 5) is 10.4. The normalized spacial score (nSPS) is 15.8. The minimum Gasteiger partial charge on any atom is -0.496 e. The van der Waals surface area contributed by atoms with Crippen LogP contribution in [0.15, 0.2) is 23.1 Å². The van der Waals surface area contributed by atoms with E-state index in [0.29, 0.717) is 41.2 Å². The minimum absolute atomic E-state index is 0.262. The Balaban J connectivity index is 1.67. The highest BCUT2D eigenvalue weighted by molar-refractivity contribution is 7.89. The first kappa shape index (κ1) is 23.8. The maximum Gasteiger partial charge on any atom is 0.243 e. The number of aromatic amines is 2. The fraction of sp³-hybridized carbons (Fsp3) is 0.500. The third-order valence-corrected chi connectivity index (χ3v) is 8.26. The van der Waals surface area contributed by atoms with Gasteiger partial charge < -0.3 is 14.6 Å². The zero-order valence-electron chi connectivity index (χ0n) is 19.2. The van der Waals surface area contributed by atoms with Crippen molar-refractivity contribution in [1.29, 1.82) is 0 Å². The van der Waals surface area contributed by atoms with Crippen LogP contribution in [0.3, 0.4) is 0 Å². The number of methoxy groups -OCH3 is 1. The first-order chi connectivity index (χ1) is 15.9. The molecule has 2 aromatic heterocycles. The summed E-state index contributed by atoms with van der Waals surface area (Å²) >= 11 is 5.50. The number of sulfonamides is 1. The van der Waals surface area contributed by atoms with Gasteiger partial charge in [-0.2, -0.15) is 9.40 Å². The number of nitrogens with one attached hydrogen (secondary N) is 2. The predicted octanol–water partition coefficient (Wildman–Crippen LogP) is 2.89. The lowest BCUT2D eigenvalue weighted by Crippen LogP contribution is -2.48. The Bertz CT molecular complexity index is 1290. The Labute approximate surface area is 199 Å². The van der Waals surface area contributed by atoms with E-state index in [1.54, 1.807) is 29.6 Å². The number of ether oxygens (including phenoxy) is 1. The van der Waals surface area contributed by atoms with E-state index in [1.807, 2.05) is 0 Å². The van der Waals surface area contributed by atoms with Crippen LogP contribution in [0, 0.1) is 4.64 Å². The summed E-state index contributed by atoms with van der Waals surface area (Å²) in [5.41, 5.74) is 3.08. The number of benzene rings is 1. The van der Waals surface area contributed by atoms with Crippen molar-refractivity contribution in [3.8, 4) is 5.75 Å². The Morgan fingerprint density at radius 1 is 1.18 bits per heavy atom. The smallest absolute Gasteiger partial charge is 0.243 e. The van der Waals surface area contributed by atoms with E-state index in [-0.39, 0.29) is 4.90 Å². The summed E-state index contributed by atoms with van der Waals surface area (Å²) in [6.07, 6.45) is 2.10. The minimum atomic E-state index is -3.60. The van der Waals surface area contributed by atoms with Crippen LogP contribution in [0.2, 0.25) is 0 Å². The molecule has 178 valence electrons. The van der Waals surface area contributed by atoms with E-state index in [9.17, 15) is 8.42 Å². The molecule has 2 N–H and O–H groups in total. The van der Waals surface area contributed by atoms with Crippen LogP contribution >= 0.6 is 12.2 Å². The molecule has 0 atom stereocenters. The van der Waals surface area contributed by atoms with Crippen molar-refractivity contribution in [3.63, 3.8) is 0 Å². The second-order valence-corrected chi connectivity index (χ2v) is 10.5. The highest BCUT2D eigenvalue weighted by atomic mass is 32.2. The molecule has 33 heavy (non-hydrogen) atoms. The molecule has 0 radical (unpaired) electrons. The number of aryl methyl sites for hydroxylation is 1. The second-order valence-electron chi connectivity index (χ2n) is 8.15. The lowest BCUT2D eigenvalue weighted by atomic mass is 10.1. The van der Waals surface area contributed by atoms with Gasteiger partial charge in [-0.05, 0) is 31.2 Å². The average Bonchev–Trinajstić information content (AvgIpc) is 3.22. The number of H-pyrrole nitrogens is 2. The molecule has 1 aliphatic heterocycles. The van der Waals surface area contributed by atoms with Crippen molar-refractivity contribution in [2.45, 2.75) is 38.0 Å². The van der Waals surface area contributed by atoms with Gasteiger partial charge in [-0.3, -0.25) is 5.10 Å². The molecule has 3 heterocycles. The van der Waals surface area contributed by atoms with Crippen LogP contribution in [0.5, 0.6) is 5.75 Å². The summed E-state index contributed by atoms with van der Waals surface area (Å²) in [5, 5.41) is 7.32. The molecular formula is C22H30N6O3S2. The lowest BCUT2D eigenvalue weighted by molar-refractivity contribution is 0.196. The SMILES string of the molecule is CCCc1n[nH]c2c(=S)[nH]c(Cc3cc(S(=O)(=O)N4CCN(CC)CC4)ccc3OC)nc12. The van der Waals surface area contributed by atoms with Gasteiger partial charge in [0.2, 0.25) is 10.0 Å². The number of likely N-dealkylation sites (N-methyl/N-ethyl adjacent to an activating group) is 1. The van der Waals surface area contributed by atoms with Crippen LogP contribution in [-0.2, 0) is 22.9 Å². The standard InChI is InChI=1S/C22H30N6O3S2/c1-4-6-17-20-21(26-25-17)22(32)24-19(23-20)14-15-13-16(7-8-18(15)31-3)33(29,30)28-11-9-27(5-2)10-12-28/h7-8,13H,4-6,9-12,14H2,1-3H3,(H,25,26)(H,23,24,32). The quantitative estimate of drug-likeness (QED) is 0.468. The van der Waals surface area contributed by atoms with Crippen molar-refractivity contribution in [2.75, 3.05) is 39.8 Å². The highest BCUT2D eigenvalue weighted by Crippen LogP contribution is 2.27. The first-order valence-electron chi connectivity index (χ1n) is 11.2. The number of fused-ring (bicyclic) bond motifs is 1. The van der Waals surface area contributed by atoms with Crippen molar-refractivity contribution < 1.29 is 13.2 Å². The fourth-order valence-corrected chi connectivity index (χ4v) is 5.91. The molecule has 3 aromatic rings. The molecule has 1 aromatic carbocycles. The molecule has 0 spiro atoms. The van der Waals surface area contributed by atoms with Crippen LogP contribution in [0.1, 0.15) is 37.4 Å². The third-order valence-electron chi connectivity index (χ3n) is 6.06. The second kappa shape index (κ2) is 9.88. The summed E-state index contributed by atoms with van der Waals surface area (Å²) in [6.45, 7) is 7.56. The van der Waals surface area contributed by atoms with Gasteiger partial charge in [0.15, 0.2) is 0 Å². The van der Waals surface area contributed by atoms with Crippen LogP contribution in [0.4, 0.5) is 0 Å². The monoisotopic (exact) mass is 490 g/mol. The Kier molecular flexibility index (Phi) is 7.13. The van der Waals surface area contributed by atoms with Gasteiger partial charge >= 0.3 is 0 Å². The van der Waals surface area contributed by atoms with Gasteiger partial charge in [-0.1, -0.05) is 32.5 Å². The van der Waals surface area contributed by atoms with E-state index < -0.39 is 10.0 Å². The summed E-state index contributed by atoms with van der Waals surface area (Å²) in [6, 6.07) is 5.00. The number of hydrogen-bond donors (Lipinski definition) is 2. The molecule has 0 unspecified atom stereocenters. The third kappa shape index (κ3) is 4.81. The molecule has 0 amide bonds. The van der Waals surface area contributed by atoms with Crippen molar-refractivity contribution in [3.05, 3.63) is 39.9 Å². The van der Waals surface area contributed by atoms with Crippen molar-refractivity contribution in [2.24, 2.45) is 0 Å². The summed E-state index contributed by atoms with van der Waals surface area (Å²) in [7, 11) is -2.02. The number of rotatable bonds is 8. The van der Waals surface area contributed by atoms with Gasteiger partial charge in [0, 0.05) is 38.2 Å². The highest BCUT2D eigenvalue weighted by Gasteiger charge is 2.28. The van der Waals surface area contributed by atoms with Gasteiger partial charge in [-0.15, -0.1) is 0 Å². The maximum atomic E-state index is 13.3. The zero-order valence-corrected chi connectivity index (χ0v) is 20.9. The van der Waals surface area contributed by atoms with E-state index >= 15 is 0 Å². The summed E-state index contributed by atoms with van der Waals surface area (Å²) in [5.74, 6) is 1.24. The largest absolute Gasteiger partial charge is 0.496 e. The number of aromatic nitrogens is 4. The zero-order chi connectivity index (χ0) is 23.6. The lowest BCUT2D eigenvalue weighted by Gasteiger charge is -2.33. The molecular weight excluding hydrogens is 460 g/mol. The molecule has 11 heteroatoms. The molecule has 1 fully saturated rings. The molecule has 9 nitrogen and oxygen atoms in total. The predicted molar refractivity (Wildman–Crippen MR) is 130 cm³/mol. The molecule has 4 rings (SSSR count). The summed E-state index contributed by atoms with van der Waals surface area (Å²) < 4.78 is 34.2. The number of piperazine rings is 1.